The largest absolute Gasteiger partial charge is 0.456 e. The molecule has 0 bridgehead atoms. The quantitative estimate of drug-likeness (QED) is 0.620. The van der Waals surface area contributed by atoms with Crippen LogP contribution in [0.1, 0.15) is 68.7 Å². The normalized spacial score (nSPS) is 10.7. The Bertz CT molecular complexity index is 361. The summed E-state index contributed by atoms with van der Waals surface area (Å²) in [5, 5.41) is 0. The summed E-state index contributed by atoms with van der Waals surface area (Å²) < 4.78 is 5.45. The standard InChI is InChI=1S/C16H27NO2/c1-4-6-8-12-17(13-9-7-5-2)16(18)15-11-10-14(3)19-15/h10-11H,4-9,12-13H2,1-3H3. The van der Waals surface area contributed by atoms with Crippen molar-refractivity contribution in [1.29, 1.82) is 0 Å². The number of carbonyl (C=O) groups is 1. The molecule has 1 aromatic heterocycles. The molecule has 1 heterocycles. The first-order valence-corrected chi connectivity index (χ1v) is 7.54. The Morgan fingerprint density at radius 1 is 1.05 bits per heavy atom. The lowest BCUT2D eigenvalue weighted by Gasteiger charge is -2.21. The smallest absolute Gasteiger partial charge is 0.289 e. The van der Waals surface area contributed by atoms with Crippen molar-refractivity contribution in [3.8, 4) is 0 Å². The number of nitrogens with zero attached hydrogens (tertiary/aromatic N) is 1. The van der Waals surface area contributed by atoms with E-state index in [4.69, 9.17) is 4.42 Å². The molecular formula is C16H27NO2. The van der Waals surface area contributed by atoms with Crippen molar-refractivity contribution >= 4 is 5.91 Å². The summed E-state index contributed by atoms with van der Waals surface area (Å²) in [6.07, 6.45) is 6.86. The molecule has 108 valence electrons. The molecule has 3 nitrogen and oxygen atoms in total. The molecule has 0 aromatic carbocycles. The van der Waals surface area contributed by atoms with Gasteiger partial charge in [0.15, 0.2) is 5.76 Å². The van der Waals surface area contributed by atoms with Crippen molar-refractivity contribution in [3.63, 3.8) is 0 Å². The summed E-state index contributed by atoms with van der Waals surface area (Å²) in [7, 11) is 0. The lowest BCUT2D eigenvalue weighted by Crippen LogP contribution is -2.32. The predicted octanol–water partition coefficient (Wildman–Crippen LogP) is 4.41. The molecule has 1 amide bonds. The van der Waals surface area contributed by atoms with Crippen LogP contribution < -0.4 is 0 Å². The van der Waals surface area contributed by atoms with Crippen LogP contribution >= 0.6 is 0 Å². The second-order valence-corrected chi connectivity index (χ2v) is 5.12. The van der Waals surface area contributed by atoms with E-state index in [1.54, 1.807) is 6.07 Å². The van der Waals surface area contributed by atoms with Gasteiger partial charge in [0, 0.05) is 13.1 Å². The maximum atomic E-state index is 12.4. The molecule has 0 unspecified atom stereocenters. The van der Waals surface area contributed by atoms with Crippen LogP contribution in [0.4, 0.5) is 0 Å². The summed E-state index contributed by atoms with van der Waals surface area (Å²) in [5.74, 6) is 1.32. The Hall–Kier alpha value is -1.25. The average Bonchev–Trinajstić information content (AvgIpc) is 2.83. The highest BCUT2D eigenvalue weighted by molar-refractivity contribution is 5.91. The van der Waals surface area contributed by atoms with Crippen LogP contribution in [0.5, 0.6) is 0 Å². The van der Waals surface area contributed by atoms with Gasteiger partial charge in [0.05, 0.1) is 0 Å². The molecule has 0 saturated carbocycles. The minimum absolute atomic E-state index is 0.0420. The summed E-state index contributed by atoms with van der Waals surface area (Å²) in [4.78, 5) is 14.3. The molecule has 0 N–H and O–H groups in total. The maximum absolute atomic E-state index is 12.4. The zero-order valence-corrected chi connectivity index (χ0v) is 12.6. The maximum Gasteiger partial charge on any atom is 0.289 e. The third-order valence-corrected chi connectivity index (χ3v) is 3.30. The number of amides is 1. The summed E-state index contributed by atoms with van der Waals surface area (Å²) >= 11 is 0. The number of unbranched alkanes of at least 4 members (excludes halogenated alkanes) is 4. The number of hydrogen-bond acceptors (Lipinski definition) is 2. The van der Waals surface area contributed by atoms with Crippen LogP contribution in [0.15, 0.2) is 16.5 Å². The lowest BCUT2D eigenvalue weighted by molar-refractivity contribution is 0.0716. The number of hydrogen-bond donors (Lipinski definition) is 0. The highest BCUT2D eigenvalue weighted by atomic mass is 16.3. The molecule has 0 fully saturated rings. The van der Waals surface area contributed by atoms with E-state index in [2.05, 4.69) is 13.8 Å². The molecule has 0 aliphatic rings. The highest BCUT2D eigenvalue weighted by Crippen LogP contribution is 2.12. The van der Waals surface area contributed by atoms with E-state index in [9.17, 15) is 4.79 Å². The van der Waals surface area contributed by atoms with Crippen LogP contribution in [-0.2, 0) is 0 Å². The van der Waals surface area contributed by atoms with Gasteiger partial charge in [0.25, 0.3) is 5.91 Å². The Morgan fingerprint density at radius 3 is 2.05 bits per heavy atom. The number of rotatable bonds is 9. The van der Waals surface area contributed by atoms with Crippen molar-refractivity contribution < 1.29 is 9.21 Å². The topological polar surface area (TPSA) is 33.5 Å². The van der Waals surface area contributed by atoms with Gasteiger partial charge in [0.1, 0.15) is 5.76 Å². The second-order valence-electron chi connectivity index (χ2n) is 5.12. The van der Waals surface area contributed by atoms with Gasteiger partial charge in [-0.3, -0.25) is 4.79 Å². The Balaban J connectivity index is 2.57. The van der Waals surface area contributed by atoms with Gasteiger partial charge < -0.3 is 9.32 Å². The number of aryl methyl sites for hydroxylation is 1. The second kappa shape index (κ2) is 8.78. The van der Waals surface area contributed by atoms with Crippen LogP contribution in [0, 0.1) is 6.92 Å². The molecule has 0 aliphatic heterocycles. The summed E-state index contributed by atoms with van der Waals surface area (Å²) in [5.41, 5.74) is 0. The zero-order chi connectivity index (χ0) is 14.1. The first-order chi connectivity index (χ1) is 9.19. The Morgan fingerprint density at radius 2 is 1.63 bits per heavy atom. The Labute approximate surface area is 117 Å². The van der Waals surface area contributed by atoms with Gasteiger partial charge in [-0.1, -0.05) is 39.5 Å². The third kappa shape index (κ3) is 5.50. The SMILES string of the molecule is CCCCCN(CCCCC)C(=O)c1ccc(C)o1. The van der Waals surface area contributed by atoms with E-state index >= 15 is 0 Å². The third-order valence-electron chi connectivity index (χ3n) is 3.30. The molecule has 0 saturated heterocycles. The van der Waals surface area contributed by atoms with Crippen molar-refractivity contribution in [2.24, 2.45) is 0 Å². The van der Waals surface area contributed by atoms with Gasteiger partial charge >= 0.3 is 0 Å². The first kappa shape index (κ1) is 15.8. The van der Waals surface area contributed by atoms with Crippen LogP contribution in [0.25, 0.3) is 0 Å². The van der Waals surface area contributed by atoms with Gasteiger partial charge in [-0.25, -0.2) is 0 Å². The molecule has 0 spiro atoms. The van der Waals surface area contributed by atoms with Crippen molar-refractivity contribution in [2.75, 3.05) is 13.1 Å². The van der Waals surface area contributed by atoms with Crippen LogP contribution in [0.2, 0.25) is 0 Å². The van der Waals surface area contributed by atoms with E-state index in [1.807, 2.05) is 17.9 Å². The van der Waals surface area contributed by atoms with Crippen molar-refractivity contribution in [1.82, 2.24) is 4.90 Å². The molecular weight excluding hydrogens is 238 g/mol. The van der Waals surface area contributed by atoms with Crippen LogP contribution in [-0.4, -0.2) is 23.9 Å². The highest BCUT2D eigenvalue weighted by Gasteiger charge is 2.17. The van der Waals surface area contributed by atoms with E-state index in [-0.39, 0.29) is 5.91 Å². The molecule has 3 heteroatoms. The van der Waals surface area contributed by atoms with Gasteiger partial charge in [0.2, 0.25) is 0 Å². The fraction of sp³-hybridized carbons (Fsp3) is 0.688. The fourth-order valence-electron chi connectivity index (χ4n) is 2.13. The Kier molecular flexibility index (Phi) is 7.31. The van der Waals surface area contributed by atoms with Crippen LogP contribution in [0.3, 0.4) is 0 Å². The molecule has 19 heavy (non-hydrogen) atoms. The molecule has 1 rings (SSSR count). The van der Waals surface area contributed by atoms with Crippen molar-refractivity contribution in [2.45, 2.75) is 59.3 Å². The molecule has 0 aliphatic carbocycles. The molecule has 0 radical (unpaired) electrons. The van der Waals surface area contributed by atoms with E-state index in [1.165, 1.54) is 25.7 Å². The summed E-state index contributed by atoms with van der Waals surface area (Å²) in [6.45, 7) is 7.92. The van der Waals surface area contributed by atoms with E-state index < -0.39 is 0 Å². The summed E-state index contributed by atoms with van der Waals surface area (Å²) in [6, 6.07) is 3.63. The predicted molar refractivity (Wildman–Crippen MR) is 78.4 cm³/mol. The van der Waals surface area contributed by atoms with Gasteiger partial charge in [-0.05, 0) is 31.9 Å². The number of furan rings is 1. The monoisotopic (exact) mass is 265 g/mol. The van der Waals surface area contributed by atoms with E-state index in [0.717, 1.165) is 31.7 Å². The fourth-order valence-corrected chi connectivity index (χ4v) is 2.13. The van der Waals surface area contributed by atoms with Crippen molar-refractivity contribution in [3.05, 3.63) is 23.7 Å². The van der Waals surface area contributed by atoms with E-state index in [0.29, 0.717) is 5.76 Å². The first-order valence-electron chi connectivity index (χ1n) is 7.54. The van der Waals surface area contributed by atoms with Gasteiger partial charge in [-0.15, -0.1) is 0 Å². The minimum Gasteiger partial charge on any atom is -0.456 e. The lowest BCUT2D eigenvalue weighted by atomic mass is 10.2. The zero-order valence-electron chi connectivity index (χ0n) is 12.6. The number of carbonyl (C=O) groups excluding carboxylic acids is 1. The molecule has 1 aromatic rings. The van der Waals surface area contributed by atoms with Gasteiger partial charge in [-0.2, -0.15) is 0 Å². The minimum atomic E-state index is 0.0420. The molecule has 0 atom stereocenters. The average molecular weight is 265 g/mol.